The molecule has 84 valence electrons. The van der Waals surface area contributed by atoms with E-state index in [9.17, 15) is 8.42 Å². The molecule has 0 aromatic heterocycles. The number of rotatable bonds is 4. The van der Waals surface area contributed by atoms with Crippen molar-refractivity contribution in [2.45, 2.75) is 49.8 Å². The van der Waals surface area contributed by atoms with Gasteiger partial charge in [0.25, 0.3) is 0 Å². The van der Waals surface area contributed by atoms with Gasteiger partial charge >= 0.3 is 0 Å². The zero-order chi connectivity index (χ0) is 10.9. The smallest absolute Gasteiger partial charge is 0.212 e. The zero-order valence-electron chi connectivity index (χ0n) is 8.65. The molecule has 2 rings (SSSR count). The molecule has 1 N–H and O–H groups in total. The molecule has 4 nitrogen and oxygen atoms in total. The monoisotopic (exact) mass is 228 g/mol. The van der Waals surface area contributed by atoms with Crippen LogP contribution in [0.2, 0.25) is 0 Å². The highest BCUT2D eigenvalue weighted by Crippen LogP contribution is 2.33. The molecule has 0 amide bonds. The molecule has 0 aromatic rings. The summed E-state index contributed by atoms with van der Waals surface area (Å²) in [4.78, 5) is 0. The van der Waals surface area contributed by atoms with Gasteiger partial charge in [-0.05, 0) is 31.6 Å². The van der Waals surface area contributed by atoms with E-state index in [4.69, 9.17) is 5.26 Å². The Labute approximate surface area is 90.7 Å². The molecule has 0 bridgehead atoms. The molecule has 2 aliphatic carbocycles. The van der Waals surface area contributed by atoms with Crippen LogP contribution in [-0.2, 0) is 10.0 Å². The minimum absolute atomic E-state index is 0.256. The Balaban J connectivity index is 1.99. The highest BCUT2D eigenvalue weighted by Gasteiger charge is 2.37. The van der Waals surface area contributed by atoms with Gasteiger partial charge in [-0.2, -0.15) is 9.98 Å². The van der Waals surface area contributed by atoms with Crippen molar-refractivity contribution in [3.05, 3.63) is 0 Å². The lowest BCUT2D eigenvalue weighted by molar-refractivity contribution is 0.545. The van der Waals surface area contributed by atoms with Gasteiger partial charge in [0.2, 0.25) is 10.0 Å². The van der Waals surface area contributed by atoms with Crippen molar-refractivity contribution in [1.29, 1.82) is 5.26 Å². The van der Waals surface area contributed by atoms with Gasteiger partial charge in [-0.3, -0.25) is 0 Å². The van der Waals surface area contributed by atoms with Crippen LogP contribution >= 0.6 is 0 Å². The number of nitriles is 1. The van der Waals surface area contributed by atoms with Crippen molar-refractivity contribution in [1.82, 2.24) is 4.72 Å². The van der Waals surface area contributed by atoms with Gasteiger partial charge < -0.3 is 0 Å². The van der Waals surface area contributed by atoms with E-state index in [2.05, 4.69) is 10.8 Å². The fraction of sp³-hybridized carbons (Fsp3) is 0.900. The van der Waals surface area contributed by atoms with Gasteiger partial charge in [-0.25, -0.2) is 8.42 Å². The third kappa shape index (κ3) is 2.50. The highest BCUT2D eigenvalue weighted by atomic mass is 32.2. The summed E-state index contributed by atoms with van der Waals surface area (Å²) in [6.07, 6.45) is 5.44. The largest absolute Gasteiger partial charge is 0.215 e. The average Bonchev–Trinajstić information content (AvgIpc) is 2.88. The minimum Gasteiger partial charge on any atom is -0.212 e. The number of hydrogen-bond acceptors (Lipinski definition) is 3. The number of hydrogen-bond donors (Lipinski definition) is 1. The second-order valence-electron chi connectivity index (χ2n) is 4.51. The van der Waals surface area contributed by atoms with Gasteiger partial charge in [0.05, 0.1) is 11.3 Å². The first-order valence-corrected chi connectivity index (χ1v) is 7.09. The Morgan fingerprint density at radius 2 is 1.80 bits per heavy atom. The van der Waals surface area contributed by atoms with Crippen molar-refractivity contribution in [2.75, 3.05) is 0 Å². The first-order chi connectivity index (χ1) is 7.13. The second kappa shape index (κ2) is 4.11. The summed E-state index contributed by atoms with van der Waals surface area (Å²) in [7, 11) is -3.25. The molecule has 0 heterocycles. The predicted octanol–water partition coefficient (Wildman–Crippen LogP) is 1.15. The predicted molar refractivity (Wildman–Crippen MR) is 56.4 cm³/mol. The van der Waals surface area contributed by atoms with E-state index in [-0.39, 0.29) is 11.2 Å². The van der Waals surface area contributed by atoms with Crippen LogP contribution in [0.3, 0.4) is 0 Å². The summed E-state index contributed by atoms with van der Waals surface area (Å²) in [6.45, 7) is 0. The average molecular weight is 228 g/mol. The maximum atomic E-state index is 11.9. The van der Waals surface area contributed by atoms with E-state index in [0.29, 0.717) is 0 Å². The second-order valence-corrected chi connectivity index (χ2v) is 6.51. The molecule has 1 unspecified atom stereocenters. The Bertz CT molecular complexity index is 361. The zero-order valence-corrected chi connectivity index (χ0v) is 9.46. The Hall–Kier alpha value is -0.600. The van der Waals surface area contributed by atoms with Crippen LogP contribution in [0, 0.1) is 17.2 Å². The van der Waals surface area contributed by atoms with Crippen LogP contribution in [0.1, 0.15) is 38.5 Å². The molecule has 0 saturated heterocycles. The third-order valence-electron chi connectivity index (χ3n) is 3.26. The topological polar surface area (TPSA) is 70.0 Å². The molecule has 0 radical (unpaired) electrons. The van der Waals surface area contributed by atoms with Crippen LogP contribution < -0.4 is 4.72 Å². The van der Waals surface area contributed by atoms with Crippen molar-refractivity contribution in [3.8, 4) is 6.07 Å². The molecule has 15 heavy (non-hydrogen) atoms. The summed E-state index contributed by atoms with van der Waals surface area (Å²) < 4.78 is 26.3. The Morgan fingerprint density at radius 3 is 2.27 bits per heavy atom. The highest BCUT2D eigenvalue weighted by molar-refractivity contribution is 7.90. The third-order valence-corrected chi connectivity index (χ3v) is 5.20. The molecule has 0 aromatic carbocycles. The molecule has 2 fully saturated rings. The normalized spacial score (nSPS) is 25.0. The molecule has 5 heteroatoms. The van der Waals surface area contributed by atoms with E-state index in [1.165, 1.54) is 0 Å². The van der Waals surface area contributed by atoms with E-state index < -0.39 is 16.1 Å². The van der Waals surface area contributed by atoms with Crippen LogP contribution in [0.4, 0.5) is 0 Å². The van der Waals surface area contributed by atoms with Gasteiger partial charge in [-0.1, -0.05) is 12.8 Å². The molecular formula is C10H16N2O2S. The summed E-state index contributed by atoms with van der Waals surface area (Å²) in [6, 6.07) is 1.56. The lowest BCUT2D eigenvalue weighted by Gasteiger charge is -2.15. The van der Waals surface area contributed by atoms with Gasteiger partial charge in [0.15, 0.2) is 0 Å². The van der Waals surface area contributed by atoms with Crippen LogP contribution in [0.25, 0.3) is 0 Å². The van der Waals surface area contributed by atoms with Crippen molar-refractivity contribution in [3.63, 3.8) is 0 Å². The summed E-state index contributed by atoms with van der Waals surface area (Å²) in [5, 5.41) is 8.61. The molecule has 0 aliphatic heterocycles. The van der Waals surface area contributed by atoms with Crippen LogP contribution in [-0.4, -0.2) is 19.7 Å². The van der Waals surface area contributed by atoms with Crippen molar-refractivity contribution >= 4 is 10.0 Å². The fourth-order valence-electron chi connectivity index (χ4n) is 2.13. The Kier molecular flexibility index (Phi) is 2.98. The van der Waals surface area contributed by atoms with Gasteiger partial charge in [0.1, 0.15) is 6.04 Å². The van der Waals surface area contributed by atoms with Crippen molar-refractivity contribution in [2.24, 2.45) is 5.92 Å². The SMILES string of the molecule is N#CC(NS(=O)(=O)C1CCCC1)C1CC1. The van der Waals surface area contributed by atoms with Gasteiger partial charge in [0, 0.05) is 0 Å². The fourth-order valence-corrected chi connectivity index (χ4v) is 3.87. The first-order valence-electron chi connectivity index (χ1n) is 5.54. The maximum Gasteiger partial charge on any atom is 0.215 e. The van der Waals surface area contributed by atoms with Gasteiger partial charge in [-0.15, -0.1) is 0 Å². The summed E-state index contributed by atoms with van der Waals surface area (Å²) in [5.41, 5.74) is 0. The Morgan fingerprint density at radius 1 is 1.20 bits per heavy atom. The standard InChI is InChI=1S/C10H16N2O2S/c11-7-10(8-5-6-8)12-15(13,14)9-3-1-2-4-9/h8-10,12H,1-6H2. The lowest BCUT2D eigenvalue weighted by Crippen LogP contribution is -2.40. The maximum absolute atomic E-state index is 11.9. The van der Waals surface area contributed by atoms with Crippen molar-refractivity contribution < 1.29 is 8.42 Å². The summed E-state index contributed by atoms with van der Waals surface area (Å²) >= 11 is 0. The molecule has 2 aliphatic rings. The molecular weight excluding hydrogens is 212 g/mol. The quantitative estimate of drug-likeness (QED) is 0.784. The van der Waals surface area contributed by atoms with E-state index >= 15 is 0 Å². The number of sulfonamides is 1. The summed E-state index contributed by atoms with van der Waals surface area (Å²) in [5.74, 6) is 0.256. The lowest BCUT2D eigenvalue weighted by atomic mass is 10.2. The minimum atomic E-state index is -3.25. The molecule has 0 spiro atoms. The van der Waals surface area contributed by atoms with Crippen LogP contribution in [0.5, 0.6) is 0 Å². The van der Waals surface area contributed by atoms with E-state index in [1.807, 2.05) is 0 Å². The van der Waals surface area contributed by atoms with Crippen LogP contribution in [0.15, 0.2) is 0 Å². The first kappa shape index (κ1) is 10.9. The number of nitrogens with zero attached hydrogens (tertiary/aromatic N) is 1. The number of nitrogens with one attached hydrogen (secondary N) is 1. The molecule has 1 atom stereocenters. The van der Waals surface area contributed by atoms with E-state index in [0.717, 1.165) is 38.5 Å². The van der Waals surface area contributed by atoms with E-state index in [1.54, 1.807) is 0 Å². The molecule has 2 saturated carbocycles.